The fourth-order valence-corrected chi connectivity index (χ4v) is 4.04. The van der Waals surface area contributed by atoms with Crippen LogP contribution in [-0.2, 0) is 9.59 Å². The van der Waals surface area contributed by atoms with Gasteiger partial charge in [-0.25, -0.2) is 0 Å². The zero-order valence-corrected chi connectivity index (χ0v) is 15.4. The summed E-state index contributed by atoms with van der Waals surface area (Å²) in [5.41, 5.74) is 3.82. The number of fused-ring (bicyclic) bond motifs is 1. The van der Waals surface area contributed by atoms with Gasteiger partial charge in [-0.1, -0.05) is 44.2 Å². The molecule has 0 saturated carbocycles. The van der Waals surface area contributed by atoms with E-state index in [0.717, 1.165) is 27.4 Å². The molecular weight excluding hydrogens is 332 g/mol. The minimum atomic E-state index is -0.415. The van der Waals surface area contributed by atoms with Crippen molar-refractivity contribution in [1.82, 2.24) is 0 Å². The summed E-state index contributed by atoms with van der Waals surface area (Å²) in [7, 11) is 0. The van der Waals surface area contributed by atoms with E-state index in [2.05, 4.69) is 24.5 Å². The number of thioether (sulfide) groups is 1. The van der Waals surface area contributed by atoms with Gasteiger partial charge < -0.3 is 10.6 Å². The van der Waals surface area contributed by atoms with Gasteiger partial charge in [-0.3, -0.25) is 9.59 Å². The van der Waals surface area contributed by atoms with Crippen molar-refractivity contribution in [1.29, 1.82) is 0 Å². The van der Waals surface area contributed by atoms with E-state index in [1.54, 1.807) is 0 Å². The minimum Gasteiger partial charge on any atom is -0.326 e. The summed E-state index contributed by atoms with van der Waals surface area (Å²) in [6, 6.07) is 13.7. The summed E-state index contributed by atoms with van der Waals surface area (Å²) >= 11 is 1.45. The van der Waals surface area contributed by atoms with Gasteiger partial charge in [0.05, 0.1) is 10.9 Å². The molecule has 0 unspecified atom stereocenters. The van der Waals surface area contributed by atoms with Crippen LogP contribution < -0.4 is 10.6 Å². The van der Waals surface area contributed by atoms with Crippen LogP contribution >= 0.6 is 11.8 Å². The first kappa shape index (κ1) is 17.5. The minimum absolute atomic E-state index is 0.118. The van der Waals surface area contributed by atoms with Crippen molar-refractivity contribution in [3.05, 3.63) is 53.6 Å². The third kappa shape index (κ3) is 3.87. The molecule has 130 valence electrons. The van der Waals surface area contributed by atoms with Crippen LogP contribution in [0.15, 0.2) is 47.4 Å². The number of hydrogen-bond donors (Lipinski definition) is 2. The van der Waals surface area contributed by atoms with Gasteiger partial charge in [0.1, 0.15) is 0 Å². The van der Waals surface area contributed by atoms with Crippen LogP contribution in [0.5, 0.6) is 0 Å². The molecule has 0 aliphatic carbocycles. The molecule has 4 nitrogen and oxygen atoms in total. The molecule has 2 aromatic carbocycles. The van der Waals surface area contributed by atoms with Crippen molar-refractivity contribution in [3.8, 4) is 0 Å². The molecule has 25 heavy (non-hydrogen) atoms. The van der Waals surface area contributed by atoms with Gasteiger partial charge in [0.25, 0.3) is 0 Å². The average Bonchev–Trinajstić information content (AvgIpc) is 2.57. The van der Waals surface area contributed by atoms with E-state index in [-0.39, 0.29) is 18.2 Å². The van der Waals surface area contributed by atoms with E-state index in [4.69, 9.17) is 0 Å². The summed E-state index contributed by atoms with van der Waals surface area (Å²) in [5.74, 6) is 0.0605. The summed E-state index contributed by atoms with van der Waals surface area (Å²) in [6.45, 7) is 6.19. The molecule has 0 radical (unpaired) electrons. The number of carbonyl (C=O) groups excluding carboxylic acids is 2. The largest absolute Gasteiger partial charge is 0.326 e. The van der Waals surface area contributed by atoms with Crippen molar-refractivity contribution in [2.45, 2.75) is 43.3 Å². The number of hydrogen-bond acceptors (Lipinski definition) is 3. The Hall–Kier alpha value is -2.27. The fraction of sp³-hybridized carbons (Fsp3) is 0.300. The maximum atomic E-state index is 12.6. The highest BCUT2D eigenvalue weighted by atomic mass is 32.2. The predicted octanol–water partition coefficient (Wildman–Crippen LogP) is 4.56. The first-order chi connectivity index (χ1) is 12.0. The van der Waals surface area contributed by atoms with Crippen molar-refractivity contribution in [2.75, 3.05) is 10.6 Å². The molecule has 2 amide bonds. The zero-order valence-electron chi connectivity index (χ0n) is 14.6. The molecule has 1 aliphatic rings. The Kier molecular flexibility index (Phi) is 5.13. The molecule has 0 fully saturated rings. The van der Waals surface area contributed by atoms with E-state index in [0.29, 0.717) is 5.92 Å². The van der Waals surface area contributed by atoms with Gasteiger partial charge in [-0.05, 0) is 36.1 Å². The first-order valence-corrected chi connectivity index (χ1v) is 9.29. The molecule has 0 aromatic heterocycles. The summed E-state index contributed by atoms with van der Waals surface area (Å²) < 4.78 is 0. The number of amides is 2. The molecule has 1 atom stereocenters. The molecule has 2 aromatic rings. The Morgan fingerprint density at radius 1 is 1.20 bits per heavy atom. The lowest BCUT2D eigenvalue weighted by atomic mass is 9.98. The van der Waals surface area contributed by atoms with Crippen LogP contribution in [0.3, 0.4) is 0 Å². The number of para-hydroxylation sites is 2. The van der Waals surface area contributed by atoms with Crippen LogP contribution in [0.4, 0.5) is 11.4 Å². The third-order valence-corrected chi connectivity index (χ3v) is 5.54. The number of anilines is 2. The van der Waals surface area contributed by atoms with Gasteiger partial charge in [-0.15, -0.1) is 11.8 Å². The maximum absolute atomic E-state index is 12.6. The molecule has 0 spiro atoms. The molecule has 0 bridgehead atoms. The number of nitrogens with one attached hydrogen (secondary N) is 2. The highest BCUT2D eigenvalue weighted by Gasteiger charge is 2.29. The van der Waals surface area contributed by atoms with Gasteiger partial charge in [0, 0.05) is 17.0 Å². The summed E-state index contributed by atoms with van der Waals surface area (Å²) in [4.78, 5) is 25.8. The second-order valence-electron chi connectivity index (χ2n) is 6.54. The van der Waals surface area contributed by atoms with E-state index < -0.39 is 5.25 Å². The fourth-order valence-electron chi connectivity index (χ4n) is 2.93. The Balaban J connectivity index is 1.73. The van der Waals surface area contributed by atoms with E-state index in [1.807, 2.05) is 49.4 Å². The van der Waals surface area contributed by atoms with E-state index in [1.165, 1.54) is 11.8 Å². The van der Waals surface area contributed by atoms with Gasteiger partial charge >= 0.3 is 0 Å². The lowest BCUT2D eigenvalue weighted by Gasteiger charge is -2.24. The summed E-state index contributed by atoms with van der Waals surface area (Å²) in [5, 5.41) is 5.48. The van der Waals surface area contributed by atoms with Gasteiger partial charge in [-0.2, -0.15) is 0 Å². The average molecular weight is 354 g/mol. The summed E-state index contributed by atoms with van der Waals surface area (Å²) in [6.07, 6.45) is 0.150. The highest BCUT2D eigenvalue weighted by molar-refractivity contribution is 8.01. The smallest absolute Gasteiger partial charge is 0.238 e. The van der Waals surface area contributed by atoms with E-state index >= 15 is 0 Å². The Morgan fingerprint density at radius 3 is 2.72 bits per heavy atom. The lowest BCUT2D eigenvalue weighted by Crippen LogP contribution is -2.32. The standard InChI is InChI=1S/C20H22N2O2S/c1-12(2)14-8-6-7-13(3)19(14)22-18(23)11-17-20(24)21-15-9-4-5-10-16(15)25-17/h4-10,12,17H,11H2,1-3H3,(H,21,24)(H,22,23)/t17-/m1/s1. The highest BCUT2D eigenvalue weighted by Crippen LogP contribution is 2.37. The Morgan fingerprint density at radius 2 is 1.96 bits per heavy atom. The topological polar surface area (TPSA) is 58.2 Å². The van der Waals surface area contributed by atoms with Crippen LogP contribution in [0.2, 0.25) is 0 Å². The SMILES string of the molecule is Cc1cccc(C(C)C)c1NC(=O)C[C@H]1Sc2ccccc2NC1=O. The van der Waals surface area contributed by atoms with Crippen molar-refractivity contribution >= 4 is 35.0 Å². The molecule has 1 aliphatic heterocycles. The molecule has 1 heterocycles. The molecule has 2 N–H and O–H groups in total. The number of aryl methyl sites for hydroxylation is 1. The molecule has 0 saturated heterocycles. The molecule has 5 heteroatoms. The normalized spacial score (nSPS) is 16.3. The van der Waals surface area contributed by atoms with Crippen molar-refractivity contribution < 1.29 is 9.59 Å². The van der Waals surface area contributed by atoms with Crippen molar-refractivity contribution in [2.24, 2.45) is 0 Å². The lowest BCUT2D eigenvalue weighted by molar-refractivity contribution is -0.120. The zero-order chi connectivity index (χ0) is 18.0. The van der Waals surface area contributed by atoms with Gasteiger partial charge in [0.2, 0.25) is 11.8 Å². The quantitative estimate of drug-likeness (QED) is 0.846. The number of rotatable bonds is 4. The monoisotopic (exact) mass is 354 g/mol. The van der Waals surface area contributed by atoms with Crippen LogP contribution in [0.1, 0.15) is 37.3 Å². The number of carbonyl (C=O) groups is 2. The van der Waals surface area contributed by atoms with Crippen LogP contribution in [0.25, 0.3) is 0 Å². The first-order valence-electron chi connectivity index (χ1n) is 8.41. The van der Waals surface area contributed by atoms with Gasteiger partial charge in [0.15, 0.2) is 0 Å². The second kappa shape index (κ2) is 7.31. The maximum Gasteiger partial charge on any atom is 0.238 e. The molecule has 3 rings (SSSR count). The third-order valence-electron chi connectivity index (χ3n) is 4.27. The van der Waals surface area contributed by atoms with Crippen molar-refractivity contribution in [3.63, 3.8) is 0 Å². The molecular formula is C20H22N2O2S. The van der Waals surface area contributed by atoms with Crippen LogP contribution in [-0.4, -0.2) is 17.1 Å². The van der Waals surface area contributed by atoms with E-state index in [9.17, 15) is 9.59 Å². The Labute approximate surface area is 152 Å². The predicted molar refractivity (Wildman–Crippen MR) is 103 cm³/mol. The number of benzene rings is 2. The van der Waals surface area contributed by atoms with Crippen LogP contribution in [0, 0.1) is 6.92 Å². The Bertz CT molecular complexity index is 817. The second-order valence-corrected chi connectivity index (χ2v) is 7.78.